The predicted molar refractivity (Wildman–Crippen MR) is 91.3 cm³/mol. The van der Waals surface area contributed by atoms with Crippen LogP contribution in [0.2, 0.25) is 5.02 Å². The van der Waals surface area contributed by atoms with Gasteiger partial charge in [-0.15, -0.1) is 0 Å². The molecule has 0 fully saturated rings. The van der Waals surface area contributed by atoms with Crippen molar-refractivity contribution in [1.29, 1.82) is 0 Å². The lowest BCUT2D eigenvalue weighted by Gasteiger charge is -2.29. The van der Waals surface area contributed by atoms with Gasteiger partial charge in [0.1, 0.15) is 5.60 Å². The van der Waals surface area contributed by atoms with E-state index in [0.717, 1.165) is 17.1 Å². The number of alkyl carbamates (subject to hydrolysis) is 1. The molecule has 1 rings (SSSR count). The Morgan fingerprint density at radius 3 is 2.41 bits per heavy atom. The maximum atomic E-state index is 11.8. The van der Waals surface area contributed by atoms with Crippen LogP contribution >= 0.6 is 11.6 Å². The highest BCUT2D eigenvalue weighted by molar-refractivity contribution is 6.30. The van der Waals surface area contributed by atoms with Crippen LogP contribution in [-0.4, -0.2) is 23.8 Å². The first-order chi connectivity index (χ1) is 9.98. The molecule has 0 saturated carbocycles. The first kappa shape index (κ1) is 18.8. The summed E-state index contributed by atoms with van der Waals surface area (Å²) in [6.07, 6.45) is -0.401. The molecule has 2 N–H and O–H groups in total. The summed E-state index contributed by atoms with van der Waals surface area (Å²) in [5, 5.41) is 6.98. The number of amides is 1. The van der Waals surface area contributed by atoms with Crippen LogP contribution < -0.4 is 10.6 Å². The van der Waals surface area contributed by atoms with E-state index in [9.17, 15) is 4.79 Å². The Hall–Kier alpha value is -1.26. The van der Waals surface area contributed by atoms with Crippen molar-refractivity contribution in [2.24, 2.45) is 0 Å². The number of nitrogens with one attached hydrogen (secondary N) is 2. The second kappa shape index (κ2) is 7.34. The average Bonchev–Trinajstić information content (AvgIpc) is 2.28. The van der Waals surface area contributed by atoms with Crippen LogP contribution in [0.1, 0.15) is 45.7 Å². The predicted octanol–water partition coefficient (Wildman–Crippen LogP) is 4.04. The summed E-state index contributed by atoms with van der Waals surface area (Å²) in [5.74, 6) is 0. The molecule has 5 heteroatoms. The molecule has 1 amide bonds. The Bertz CT molecular complexity index is 522. The van der Waals surface area contributed by atoms with Crippen LogP contribution in [0.15, 0.2) is 18.2 Å². The third-order valence-corrected chi connectivity index (χ3v) is 3.26. The Kier molecular flexibility index (Phi) is 6.27. The van der Waals surface area contributed by atoms with Crippen molar-refractivity contribution >= 4 is 17.7 Å². The molecule has 0 aliphatic carbocycles. The fraction of sp³-hybridized carbons (Fsp3) is 0.588. The van der Waals surface area contributed by atoms with Gasteiger partial charge in [0.2, 0.25) is 0 Å². The molecule has 0 aromatic heterocycles. The van der Waals surface area contributed by atoms with E-state index < -0.39 is 17.2 Å². The van der Waals surface area contributed by atoms with Gasteiger partial charge >= 0.3 is 6.09 Å². The normalized spacial score (nSPS) is 12.1. The lowest BCUT2D eigenvalue weighted by Crippen LogP contribution is -2.51. The van der Waals surface area contributed by atoms with Crippen molar-refractivity contribution in [2.75, 3.05) is 6.54 Å². The zero-order valence-corrected chi connectivity index (χ0v) is 15.1. The molecule has 22 heavy (non-hydrogen) atoms. The molecule has 1 aromatic rings. The molecule has 0 heterocycles. The molecule has 0 radical (unpaired) electrons. The number of rotatable bonds is 5. The van der Waals surface area contributed by atoms with Crippen molar-refractivity contribution in [3.8, 4) is 0 Å². The van der Waals surface area contributed by atoms with Crippen molar-refractivity contribution in [1.82, 2.24) is 10.6 Å². The van der Waals surface area contributed by atoms with Gasteiger partial charge in [0.05, 0.1) is 5.54 Å². The van der Waals surface area contributed by atoms with Crippen molar-refractivity contribution in [3.05, 3.63) is 34.3 Å². The fourth-order valence-corrected chi connectivity index (χ4v) is 2.22. The van der Waals surface area contributed by atoms with Gasteiger partial charge in [-0.1, -0.05) is 17.7 Å². The highest BCUT2D eigenvalue weighted by Crippen LogP contribution is 2.15. The first-order valence-electron chi connectivity index (χ1n) is 7.45. The number of hydrogen-bond acceptors (Lipinski definition) is 3. The van der Waals surface area contributed by atoms with Gasteiger partial charge in [0, 0.05) is 18.1 Å². The Morgan fingerprint density at radius 2 is 1.86 bits per heavy atom. The molecule has 1 aromatic carbocycles. The largest absolute Gasteiger partial charge is 0.444 e. The Morgan fingerprint density at radius 1 is 1.23 bits per heavy atom. The SMILES string of the molecule is Cc1cc(Cl)ccc1CNCC(C)(C)NC(=O)OC(C)(C)C. The number of halogens is 1. The molecular weight excluding hydrogens is 300 g/mol. The number of ether oxygens (including phenoxy) is 1. The lowest BCUT2D eigenvalue weighted by atomic mass is 10.1. The van der Waals surface area contributed by atoms with E-state index in [0.29, 0.717) is 6.54 Å². The van der Waals surface area contributed by atoms with Crippen molar-refractivity contribution in [3.63, 3.8) is 0 Å². The van der Waals surface area contributed by atoms with E-state index in [1.54, 1.807) is 0 Å². The monoisotopic (exact) mass is 326 g/mol. The third kappa shape index (κ3) is 7.14. The number of hydrogen-bond donors (Lipinski definition) is 2. The van der Waals surface area contributed by atoms with Crippen LogP contribution in [0.3, 0.4) is 0 Å². The van der Waals surface area contributed by atoms with Crippen LogP contribution in [0.25, 0.3) is 0 Å². The van der Waals surface area contributed by atoms with Crippen LogP contribution in [0.4, 0.5) is 4.79 Å². The Balaban J connectivity index is 2.47. The third-order valence-electron chi connectivity index (χ3n) is 3.03. The zero-order valence-electron chi connectivity index (χ0n) is 14.3. The topological polar surface area (TPSA) is 50.4 Å². The van der Waals surface area contributed by atoms with E-state index in [1.165, 1.54) is 5.56 Å². The van der Waals surface area contributed by atoms with Gasteiger partial charge in [-0.25, -0.2) is 4.79 Å². The fourth-order valence-electron chi connectivity index (χ4n) is 1.99. The number of benzene rings is 1. The summed E-state index contributed by atoms with van der Waals surface area (Å²) in [5.41, 5.74) is 1.45. The van der Waals surface area contributed by atoms with Crippen LogP contribution in [0.5, 0.6) is 0 Å². The standard InChI is InChI=1S/C17H27ClN2O2/c1-12-9-14(18)8-7-13(12)10-19-11-17(5,6)20-15(21)22-16(2,3)4/h7-9,19H,10-11H2,1-6H3,(H,20,21). The van der Waals surface area contributed by atoms with Gasteiger partial charge in [-0.3, -0.25) is 0 Å². The van der Waals surface area contributed by atoms with Crippen molar-refractivity contribution in [2.45, 2.75) is 59.2 Å². The van der Waals surface area contributed by atoms with E-state index in [1.807, 2.05) is 59.7 Å². The summed E-state index contributed by atoms with van der Waals surface area (Å²) >= 11 is 5.95. The second-order valence-electron chi connectivity index (χ2n) is 7.19. The lowest BCUT2D eigenvalue weighted by molar-refractivity contribution is 0.0472. The minimum absolute atomic E-state index is 0.400. The minimum Gasteiger partial charge on any atom is -0.444 e. The van der Waals surface area contributed by atoms with Crippen LogP contribution in [0, 0.1) is 6.92 Å². The molecule has 0 spiro atoms. The summed E-state index contributed by atoms with van der Waals surface area (Å²) in [7, 11) is 0. The molecule has 124 valence electrons. The smallest absolute Gasteiger partial charge is 0.408 e. The summed E-state index contributed by atoms with van der Waals surface area (Å²) in [4.78, 5) is 11.8. The highest BCUT2D eigenvalue weighted by Gasteiger charge is 2.24. The van der Waals surface area contributed by atoms with E-state index >= 15 is 0 Å². The minimum atomic E-state index is -0.492. The van der Waals surface area contributed by atoms with Gasteiger partial charge in [-0.2, -0.15) is 0 Å². The molecule has 0 aliphatic heterocycles. The maximum Gasteiger partial charge on any atom is 0.408 e. The number of carbonyl (C=O) groups excluding carboxylic acids is 1. The van der Waals surface area contributed by atoms with E-state index in [-0.39, 0.29) is 0 Å². The molecular formula is C17H27ClN2O2. The average molecular weight is 327 g/mol. The highest BCUT2D eigenvalue weighted by atomic mass is 35.5. The second-order valence-corrected chi connectivity index (χ2v) is 7.62. The molecule has 0 atom stereocenters. The van der Waals surface area contributed by atoms with Gasteiger partial charge in [0.25, 0.3) is 0 Å². The summed E-state index contributed by atoms with van der Waals surface area (Å²) < 4.78 is 5.28. The summed E-state index contributed by atoms with van der Waals surface area (Å²) in [6.45, 7) is 12.9. The molecule has 0 saturated heterocycles. The summed E-state index contributed by atoms with van der Waals surface area (Å²) in [6, 6.07) is 5.84. The van der Waals surface area contributed by atoms with Crippen LogP contribution in [-0.2, 0) is 11.3 Å². The quantitative estimate of drug-likeness (QED) is 0.858. The molecule has 0 aliphatic rings. The molecule has 0 unspecified atom stereocenters. The van der Waals surface area contributed by atoms with Gasteiger partial charge in [0.15, 0.2) is 0 Å². The van der Waals surface area contributed by atoms with Gasteiger partial charge in [-0.05, 0) is 64.8 Å². The maximum absolute atomic E-state index is 11.8. The Labute approximate surface area is 138 Å². The number of carbonyl (C=O) groups is 1. The van der Waals surface area contributed by atoms with E-state index in [4.69, 9.17) is 16.3 Å². The van der Waals surface area contributed by atoms with Gasteiger partial charge < -0.3 is 15.4 Å². The zero-order chi connectivity index (χ0) is 17.0. The molecule has 0 bridgehead atoms. The first-order valence-corrected chi connectivity index (χ1v) is 7.83. The number of aryl methyl sites for hydroxylation is 1. The molecule has 4 nitrogen and oxygen atoms in total. The van der Waals surface area contributed by atoms with Crippen molar-refractivity contribution < 1.29 is 9.53 Å². The van der Waals surface area contributed by atoms with E-state index in [2.05, 4.69) is 10.6 Å².